The van der Waals surface area contributed by atoms with Crippen LogP contribution in [-0.4, -0.2) is 41.5 Å². The van der Waals surface area contributed by atoms with E-state index in [1.165, 1.54) is 0 Å². The van der Waals surface area contributed by atoms with E-state index in [-0.39, 0.29) is 10.7 Å². The highest BCUT2D eigenvalue weighted by Crippen LogP contribution is 2.37. The van der Waals surface area contributed by atoms with Gasteiger partial charge in [-0.15, -0.1) is 11.8 Å². The molecular formula is C11H20BrNO2S. The van der Waals surface area contributed by atoms with Gasteiger partial charge in [0.2, 0.25) is 5.91 Å². The zero-order chi connectivity index (χ0) is 11.9. The fourth-order valence-electron chi connectivity index (χ4n) is 1.68. The molecule has 94 valence electrons. The summed E-state index contributed by atoms with van der Waals surface area (Å²) >= 11 is 5.07. The van der Waals surface area contributed by atoms with Crippen molar-refractivity contribution >= 4 is 33.6 Å². The van der Waals surface area contributed by atoms with Crippen LogP contribution in [0.5, 0.6) is 0 Å². The van der Waals surface area contributed by atoms with Crippen molar-refractivity contribution in [1.29, 1.82) is 0 Å². The van der Waals surface area contributed by atoms with Gasteiger partial charge in [-0.3, -0.25) is 4.79 Å². The van der Waals surface area contributed by atoms with E-state index in [1.807, 2.05) is 6.92 Å². The van der Waals surface area contributed by atoms with Crippen molar-refractivity contribution in [1.82, 2.24) is 5.32 Å². The van der Waals surface area contributed by atoms with E-state index in [1.54, 1.807) is 11.8 Å². The van der Waals surface area contributed by atoms with E-state index in [0.29, 0.717) is 0 Å². The van der Waals surface area contributed by atoms with E-state index < -0.39 is 0 Å². The summed E-state index contributed by atoms with van der Waals surface area (Å²) in [4.78, 5) is 11.9. The molecule has 1 heterocycles. The molecule has 16 heavy (non-hydrogen) atoms. The summed E-state index contributed by atoms with van der Waals surface area (Å²) in [5, 5.41) is 3.86. The predicted octanol–water partition coefficient (Wildman–Crippen LogP) is 2.19. The van der Waals surface area contributed by atoms with E-state index >= 15 is 0 Å². The highest BCUT2D eigenvalue weighted by molar-refractivity contribution is 9.09. The maximum Gasteiger partial charge on any atom is 0.235 e. The lowest BCUT2D eigenvalue weighted by Gasteiger charge is -2.21. The molecule has 1 rings (SSSR count). The van der Waals surface area contributed by atoms with Gasteiger partial charge in [-0.1, -0.05) is 15.9 Å². The lowest BCUT2D eigenvalue weighted by Crippen LogP contribution is -2.40. The average Bonchev–Trinajstić information content (AvgIpc) is 2.71. The van der Waals surface area contributed by atoms with Crippen molar-refractivity contribution in [2.45, 2.75) is 30.9 Å². The van der Waals surface area contributed by atoms with Crippen LogP contribution in [0.2, 0.25) is 0 Å². The zero-order valence-corrected chi connectivity index (χ0v) is 12.2. The van der Waals surface area contributed by atoms with Crippen molar-refractivity contribution in [2.24, 2.45) is 0 Å². The first-order chi connectivity index (χ1) is 7.69. The number of amides is 1. The Kier molecular flexibility index (Phi) is 6.77. The number of carbonyl (C=O) groups is 1. The summed E-state index contributed by atoms with van der Waals surface area (Å²) in [6.45, 7) is 4.22. The van der Waals surface area contributed by atoms with E-state index in [4.69, 9.17) is 4.74 Å². The first kappa shape index (κ1) is 14.3. The van der Waals surface area contributed by atoms with Gasteiger partial charge in [0.15, 0.2) is 0 Å². The number of rotatable bonds is 7. The molecule has 1 amide bonds. The first-order valence-corrected chi connectivity index (χ1v) is 7.86. The molecule has 0 aliphatic carbocycles. The Morgan fingerprint density at radius 2 is 2.38 bits per heavy atom. The summed E-state index contributed by atoms with van der Waals surface area (Å²) in [6, 6.07) is 0. The van der Waals surface area contributed by atoms with E-state index in [9.17, 15) is 4.79 Å². The SMILES string of the molecule is CC1(C(=O)NCCCOCCBr)CCCS1. The predicted molar refractivity (Wildman–Crippen MR) is 72.3 cm³/mol. The number of ether oxygens (including phenoxy) is 1. The van der Waals surface area contributed by atoms with Gasteiger partial charge in [0.25, 0.3) is 0 Å². The minimum absolute atomic E-state index is 0.184. The molecule has 1 N–H and O–H groups in total. The molecule has 1 unspecified atom stereocenters. The third kappa shape index (κ3) is 4.63. The van der Waals surface area contributed by atoms with Crippen LogP contribution < -0.4 is 5.32 Å². The molecule has 0 bridgehead atoms. The smallest absolute Gasteiger partial charge is 0.235 e. The number of carbonyl (C=O) groups excluding carboxylic acids is 1. The summed E-state index contributed by atoms with van der Waals surface area (Å²) < 4.78 is 5.13. The quantitative estimate of drug-likeness (QED) is 0.579. The van der Waals surface area contributed by atoms with Crippen LogP contribution >= 0.6 is 27.7 Å². The summed E-state index contributed by atoms with van der Waals surface area (Å²) in [5.74, 6) is 1.30. The summed E-state index contributed by atoms with van der Waals surface area (Å²) in [5.41, 5.74) is 0. The monoisotopic (exact) mass is 309 g/mol. The standard InChI is InChI=1S/C11H20BrNO2S/c1-11(4-2-9-16-11)10(14)13-6-3-7-15-8-5-12/h2-9H2,1H3,(H,13,14). The van der Waals surface area contributed by atoms with Gasteiger partial charge in [0.05, 0.1) is 11.4 Å². The average molecular weight is 310 g/mol. The van der Waals surface area contributed by atoms with E-state index in [0.717, 1.165) is 50.1 Å². The Morgan fingerprint density at radius 3 is 3.00 bits per heavy atom. The Morgan fingerprint density at radius 1 is 1.56 bits per heavy atom. The number of hydrogen-bond acceptors (Lipinski definition) is 3. The highest BCUT2D eigenvalue weighted by Gasteiger charge is 2.36. The van der Waals surface area contributed by atoms with Crippen LogP contribution in [0.25, 0.3) is 0 Å². The molecule has 1 fully saturated rings. The highest BCUT2D eigenvalue weighted by atomic mass is 79.9. The number of hydrogen-bond donors (Lipinski definition) is 1. The Labute approximate surface area is 110 Å². The second kappa shape index (κ2) is 7.56. The van der Waals surface area contributed by atoms with Crippen LogP contribution in [0.3, 0.4) is 0 Å². The molecule has 5 heteroatoms. The maximum absolute atomic E-state index is 11.9. The molecule has 0 aromatic carbocycles. The molecule has 1 saturated heterocycles. The van der Waals surface area contributed by atoms with Gasteiger partial charge in [0, 0.05) is 18.5 Å². The molecule has 0 aromatic heterocycles. The van der Waals surface area contributed by atoms with Crippen LogP contribution in [0.1, 0.15) is 26.2 Å². The lowest BCUT2D eigenvalue weighted by molar-refractivity contribution is -0.123. The molecular weight excluding hydrogens is 290 g/mol. The van der Waals surface area contributed by atoms with Crippen molar-refractivity contribution in [3.63, 3.8) is 0 Å². The Balaban J connectivity index is 2.06. The Bertz CT molecular complexity index is 220. The van der Waals surface area contributed by atoms with Crippen LogP contribution in [-0.2, 0) is 9.53 Å². The van der Waals surface area contributed by atoms with Gasteiger partial charge in [-0.05, 0) is 31.9 Å². The fraction of sp³-hybridized carbons (Fsp3) is 0.909. The zero-order valence-electron chi connectivity index (χ0n) is 9.76. The van der Waals surface area contributed by atoms with Gasteiger partial charge < -0.3 is 10.1 Å². The molecule has 0 spiro atoms. The number of thioether (sulfide) groups is 1. The second-order valence-corrected chi connectivity index (χ2v) is 6.48. The molecule has 0 radical (unpaired) electrons. The Hall–Kier alpha value is 0.260. The lowest BCUT2D eigenvalue weighted by atomic mass is 10.1. The molecule has 1 aliphatic heterocycles. The molecule has 1 atom stereocenters. The van der Waals surface area contributed by atoms with Crippen LogP contribution in [0, 0.1) is 0 Å². The molecule has 0 saturated carbocycles. The normalized spacial score (nSPS) is 24.6. The third-order valence-electron chi connectivity index (χ3n) is 2.67. The number of alkyl halides is 1. The van der Waals surface area contributed by atoms with Crippen molar-refractivity contribution < 1.29 is 9.53 Å². The van der Waals surface area contributed by atoms with E-state index in [2.05, 4.69) is 21.2 Å². The van der Waals surface area contributed by atoms with Crippen LogP contribution in [0.4, 0.5) is 0 Å². The minimum Gasteiger partial charge on any atom is -0.381 e. The molecule has 0 aromatic rings. The van der Waals surface area contributed by atoms with Crippen molar-refractivity contribution in [2.75, 3.05) is 30.8 Å². The maximum atomic E-state index is 11.9. The van der Waals surface area contributed by atoms with Gasteiger partial charge in [-0.2, -0.15) is 0 Å². The van der Waals surface area contributed by atoms with Gasteiger partial charge in [-0.25, -0.2) is 0 Å². The number of halogens is 1. The van der Waals surface area contributed by atoms with Crippen molar-refractivity contribution in [3.8, 4) is 0 Å². The largest absolute Gasteiger partial charge is 0.381 e. The van der Waals surface area contributed by atoms with Gasteiger partial charge in [0.1, 0.15) is 0 Å². The molecule has 1 aliphatic rings. The topological polar surface area (TPSA) is 38.3 Å². The van der Waals surface area contributed by atoms with Crippen molar-refractivity contribution in [3.05, 3.63) is 0 Å². The third-order valence-corrected chi connectivity index (χ3v) is 4.51. The summed E-state index contributed by atoms with van der Waals surface area (Å²) in [7, 11) is 0. The fourth-order valence-corrected chi connectivity index (χ4v) is 3.14. The minimum atomic E-state index is -0.184. The first-order valence-electron chi connectivity index (χ1n) is 5.75. The van der Waals surface area contributed by atoms with Crippen LogP contribution in [0.15, 0.2) is 0 Å². The van der Waals surface area contributed by atoms with Gasteiger partial charge >= 0.3 is 0 Å². The summed E-state index contributed by atoms with van der Waals surface area (Å²) in [6.07, 6.45) is 3.05. The number of nitrogens with one attached hydrogen (secondary N) is 1. The second-order valence-electron chi connectivity index (χ2n) is 4.09. The molecule has 3 nitrogen and oxygen atoms in total.